The Balaban J connectivity index is 4.33. The maximum absolute atomic E-state index is 9.77. The predicted octanol–water partition coefficient (Wildman–Crippen LogP) is 2.35. The summed E-state index contributed by atoms with van der Waals surface area (Å²) in [6.07, 6.45) is 2.20. The summed E-state index contributed by atoms with van der Waals surface area (Å²) in [5, 5.41) is 9.77. The van der Waals surface area contributed by atoms with Crippen molar-refractivity contribution in [3.63, 3.8) is 0 Å². The molecule has 0 aromatic heterocycles. The van der Waals surface area contributed by atoms with Gasteiger partial charge in [-0.05, 0) is 26.2 Å². The molecule has 1 unspecified atom stereocenters. The highest BCUT2D eigenvalue weighted by atomic mass is 16.5. The van der Waals surface area contributed by atoms with Crippen LogP contribution in [0.15, 0.2) is 0 Å². The average Bonchev–Trinajstić information content (AvgIpc) is 2.13. The van der Waals surface area contributed by atoms with Gasteiger partial charge in [-0.25, -0.2) is 0 Å². The zero-order valence-corrected chi connectivity index (χ0v) is 8.76. The third kappa shape index (κ3) is 2.46. The van der Waals surface area contributed by atoms with E-state index in [1.807, 2.05) is 13.8 Å². The van der Waals surface area contributed by atoms with Crippen molar-refractivity contribution in [2.75, 3.05) is 6.61 Å². The van der Waals surface area contributed by atoms with Gasteiger partial charge in [-0.2, -0.15) is 0 Å². The first-order valence-corrected chi connectivity index (χ1v) is 4.98. The highest BCUT2D eigenvalue weighted by molar-refractivity contribution is 4.85. The van der Waals surface area contributed by atoms with Gasteiger partial charge in [-0.15, -0.1) is 0 Å². The van der Waals surface area contributed by atoms with Gasteiger partial charge < -0.3 is 9.84 Å². The summed E-state index contributed by atoms with van der Waals surface area (Å²) in [7, 11) is 0. The maximum Gasteiger partial charge on any atom is 0.0934 e. The van der Waals surface area contributed by atoms with Gasteiger partial charge in [0.2, 0.25) is 0 Å². The summed E-state index contributed by atoms with van der Waals surface area (Å²) >= 11 is 0. The molecule has 0 amide bonds. The van der Waals surface area contributed by atoms with Gasteiger partial charge in [-0.3, -0.25) is 0 Å². The molecule has 0 aromatic carbocycles. The van der Waals surface area contributed by atoms with Crippen molar-refractivity contribution >= 4 is 0 Å². The molecule has 1 atom stereocenters. The van der Waals surface area contributed by atoms with Crippen LogP contribution in [0.5, 0.6) is 0 Å². The molecular weight excluding hydrogens is 152 g/mol. The van der Waals surface area contributed by atoms with Crippen LogP contribution < -0.4 is 0 Å². The summed E-state index contributed by atoms with van der Waals surface area (Å²) in [5.41, 5.74) is -0.302. The Morgan fingerprint density at radius 3 is 1.92 bits per heavy atom. The minimum atomic E-state index is -0.326. The van der Waals surface area contributed by atoms with Gasteiger partial charge in [0.05, 0.1) is 11.7 Å². The number of rotatable bonds is 6. The second-order valence-corrected chi connectivity index (χ2v) is 3.13. The molecule has 0 heterocycles. The van der Waals surface area contributed by atoms with Crippen molar-refractivity contribution in [2.45, 2.75) is 58.7 Å². The first-order chi connectivity index (χ1) is 5.66. The van der Waals surface area contributed by atoms with E-state index in [-0.39, 0.29) is 11.7 Å². The van der Waals surface area contributed by atoms with Crippen LogP contribution >= 0.6 is 0 Å². The van der Waals surface area contributed by atoms with Crippen LogP contribution in [0.25, 0.3) is 0 Å². The fourth-order valence-electron chi connectivity index (χ4n) is 1.68. The van der Waals surface area contributed by atoms with Crippen molar-refractivity contribution in [2.24, 2.45) is 0 Å². The summed E-state index contributed by atoms with van der Waals surface area (Å²) in [4.78, 5) is 0. The Labute approximate surface area is 75.9 Å². The lowest BCUT2D eigenvalue weighted by molar-refractivity contribution is -0.125. The minimum absolute atomic E-state index is 0.302. The number of ether oxygens (including phenoxy) is 1. The molecule has 0 aliphatic rings. The van der Waals surface area contributed by atoms with Crippen molar-refractivity contribution in [1.82, 2.24) is 0 Å². The predicted molar refractivity (Wildman–Crippen MR) is 51.2 cm³/mol. The molecule has 74 valence electrons. The SMILES string of the molecule is CCOC(CC)(CC)C(O)CC. The van der Waals surface area contributed by atoms with E-state index in [9.17, 15) is 5.11 Å². The number of hydrogen-bond acceptors (Lipinski definition) is 2. The van der Waals surface area contributed by atoms with E-state index in [0.717, 1.165) is 19.3 Å². The van der Waals surface area contributed by atoms with E-state index in [1.54, 1.807) is 0 Å². The zero-order valence-electron chi connectivity index (χ0n) is 8.76. The topological polar surface area (TPSA) is 29.5 Å². The van der Waals surface area contributed by atoms with Gasteiger partial charge in [0, 0.05) is 6.61 Å². The Morgan fingerprint density at radius 2 is 1.67 bits per heavy atom. The van der Waals surface area contributed by atoms with E-state index in [1.165, 1.54) is 0 Å². The fraction of sp³-hybridized carbons (Fsp3) is 1.00. The van der Waals surface area contributed by atoms with E-state index in [2.05, 4.69) is 13.8 Å². The smallest absolute Gasteiger partial charge is 0.0934 e. The van der Waals surface area contributed by atoms with Crippen molar-refractivity contribution in [3.05, 3.63) is 0 Å². The molecule has 0 saturated heterocycles. The monoisotopic (exact) mass is 174 g/mol. The normalized spacial score (nSPS) is 14.8. The van der Waals surface area contributed by atoms with Gasteiger partial charge in [0.1, 0.15) is 0 Å². The summed E-state index contributed by atoms with van der Waals surface area (Å²) in [6, 6.07) is 0. The third-order valence-electron chi connectivity index (χ3n) is 2.62. The molecule has 0 spiro atoms. The molecule has 0 saturated carbocycles. The van der Waals surface area contributed by atoms with Crippen LogP contribution in [0.3, 0.4) is 0 Å². The summed E-state index contributed by atoms with van der Waals surface area (Å²) in [6.45, 7) is 8.78. The Morgan fingerprint density at radius 1 is 1.17 bits per heavy atom. The van der Waals surface area contributed by atoms with Crippen molar-refractivity contribution in [1.29, 1.82) is 0 Å². The minimum Gasteiger partial charge on any atom is -0.390 e. The van der Waals surface area contributed by atoms with Crippen LogP contribution in [-0.4, -0.2) is 23.4 Å². The molecule has 0 fully saturated rings. The number of aliphatic hydroxyl groups is 1. The quantitative estimate of drug-likeness (QED) is 0.669. The molecular formula is C10H22O2. The maximum atomic E-state index is 9.77. The van der Waals surface area contributed by atoms with Gasteiger partial charge in [-0.1, -0.05) is 20.8 Å². The molecule has 0 bridgehead atoms. The molecule has 0 aliphatic carbocycles. The lowest BCUT2D eigenvalue weighted by Gasteiger charge is -2.35. The Hall–Kier alpha value is -0.0800. The highest BCUT2D eigenvalue weighted by Gasteiger charge is 2.33. The molecule has 0 aliphatic heterocycles. The van der Waals surface area contributed by atoms with Gasteiger partial charge in [0.15, 0.2) is 0 Å². The third-order valence-corrected chi connectivity index (χ3v) is 2.62. The van der Waals surface area contributed by atoms with Gasteiger partial charge in [0.25, 0.3) is 0 Å². The van der Waals surface area contributed by atoms with E-state index >= 15 is 0 Å². The second kappa shape index (κ2) is 5.55. The van der Waals surface area contributed by atoms with Crippen LogP contribution in [0.2, 0.25) is 0 Å². The lowest BCUT2D eigenvalue weighted by atomic mass is 9.89. The second-order valence-electron chi connectivity index (χ2n) is 3.13. The van der Waals surface area contributed by atoms with Crippen LogP contribution in [0, 0.1) is 0 Å². The number of aliphatic hydroxyl groups excluding tert-OH is 1. The molecule has 0 rings (SSSR count). The first-order valence-electron chi connectivity index (χ1n) is 4.98. The zero-order chi connectivity index (χ0) is 9.61. The molecule has 0 aromatic rings. The van der Waals surface area contributed by atoms with Crippen LogP contribution in [0.4, 0.5) is 0 Å². The van der Waals surface area contributed by atoms with Crippen molar-refractivity contribution < 1.29 is 9.84 Å². The first kappa shape index (κ1) is 11.9. The average molecular weight is 174 g/mol. The number of hydrogen-bond donors (Lipinski definition) is 1. The molecule has 2 nitrogen and oxygen atoms in total. The van der Waals surface area contributed by atoms with E-state index in [4.69, 9.17) is 4.74 Å². The summed E-state index contributed by atoms with van der Waals surface area (Å²) < 4.78 is 5.63. The summed E-state index contributed by atoms with van der Waals surface area (Å²) in [5.74, 6) is 0. The van der Waals surface area contributed by atoms with E-state index in [0.29, 0.717) is 6.61 Å². The Kier molecular flexibility index (Phi) is 5.51. The molecule has 12 heavy (non-hydrogen) atoms. The van der Waals surface area contributed by atoms with Crippen LogP contribution in [0.1, 0.15) is 47.0 Å². The molecule has 1 N–H and O–H groups in total. The fourth-order valence-corrected chi connectivity index (χ4v) is 1.68. The van der Waals surface area contributed by atoms with Crippen molar-refractivity contribution in [3.8, 4) is 0 Å². The lowest BCUT2D eigenvalue weighted by Crippen LogP contribution is -2.43. The molecule has 2 heteroatoms. The Bertz CT molecular complexity index is 108. The largest absolute Gasteiger partial charge is 0.390 e. The highest BCUT2D eigenvalue weighted by Crippen LogP contribution is 2.26. The molecule has 0 radical (unpaired) electrons. The van der Waals surface area contributed by atoms with E-state index < -0.39 is 0 Å². The standard InChI is InChI=1S/C10H22O2/c1-5-9(11)10(6-2,7-3)12-8-4/h9,11H,5-8H2,1-4H3. The van der Waals surface area contributed by atoms with Crippen LogP contribution in [-0.2, 0) is 4.74 Å². The van der Waals surface area contributed by atoms with Gasteiger partial charge >= 0.3 is 0 Å².